The molecule has 0 bridgehead atoms. The van der Waals surface area contributed by atoms with Crippen LogP contribution in [0.4, 0.5) is 5.69 Å². The minimum absolute atomic E-state index is 0.145. The van der Waals surface area contributed by atoms with Crippen molar-refractivity contribution in [3.05, 3.63) is 29.8 Å². The second kappa shape index (κ2) is 6.33. The fourth-order valence-electron chi connectivity index (χ4n) is 1.22. The van der Waals surface area contributed by atoms with Crippen LogP contribution < -0.4 is 5.32 Å². The first-order valence-electron chi connectivity index (χ1n) is 5.09. The van der Waals surface area contributed by atoms with E-state index in [0.717, 1.165) is 0 Å². The summed E-state index contributed by atoms with van der Waals surface area (Å²) in [6.07, 6.45) is 5.75. The Hall–Kier alpha value is -2.28. The average Bonchev–Trinajstić information content (AvgIpc) is 2.36. The van der Waals surface area contributed by atoms with E-state index in [-0.39, 0.29) is 12.3 Å². The van der Waals surface area contributed by atoms with Crippen LogP contribution in [0.15, 0.2) is 24.3 Å². The van der Waals surface area contributed by atoms with E-state index in [2.05, 4.69) is 16.0 Å². The van der Waals surface area contributed by atoms with Gasteiger partial charge in [-0.25, -0.2) is 4.79 Å². The SMILES string of the molecule is C#CCCC(=O)Nc1ccc(C(=O)OC)cc1. The fourth-order valence-corrected chi connectivity index (χ4v) is 1.22. The Morgan fingerprint density at radius 1 is 1.35 bits per heavy atom. The molecule has 1 aromatic rings. The van der Waals surface area contributed by atoms with Gasteiger partial charge in [-0.05, 0) is 24.3 Å². The van der Waals surface area contributed by atoms with E-state index >= 15 is 0 Å². The van der Waals surface area contributed by atoms with Gasteiger partial charge in [0.2, 0.25) is 5.91 Å². The van der Waals surface area contributed by atoms with Crippen LogP contribution >= 0.6 is 0 Å². The normalized spacial score (nSPS) is 9.18. The largest absolute Gasteiger partial charge is 0.465 e. The van der Waals surface area contributed by atoms with Crippen molar-refractivity contribution in [1.29, 1.82) is 0 Å². The van der Waals surface area contributed by atoms with Crippen molar-refractivity contribution in [2.45, 2.75) is 12.8 Å². The lowest BCUT2D eigenvalue weighted by Gasteiger charge is -2.04. The van der Waals surface area contributed by atoms with E-state index in [9.17, 15) is 9.59 Å². The Balaban J connectivity index is 2.60. The molecule has 0 fully saturated rings. The number of hydrogen-bond donors (Lipinski definition) is 1. The lowest BCUT2D eigenvalue weighted by Crippen LogP contribution is -2.11. The van der Waals surface area contributed by atoms with Gasteiger partial charge < -0.3 is 10.1 Å². The van der Waals surface area contributed by atoms with Crippen molar-refractivity contribution in [1.82, 2.24) is 0 Å². The smallest absolute Gasteiger partial charge is 0.337 e. The van der Waals surface area contributed by atoms with Gasteiger partial charge in [0.05, 0.1) is 12.7 Å². The summed E-state index contributed by atoms with van der Waals surface area (Å²) in [5.74, 6) is 1.84. The molecule has 0 saturated carbocycles. The van der Waals surface area contributed by atoms with Crippen molar-refractivity contribution in [2.75, 3.05) is 12.4 Å². The molecule has 17 heavy (non-hydrogen) atoms. The zero-order chi connectivity index (χ0) is 12.7. The first kappa shape index (κ1) is 12.8. The number of rotatable bonds is 4. The predicted octanol–water partition coefficient (Wildman–Crippen LogP) is 1.83. The van der Waals surface area contributed by atoms with E-state index in [1.54, 1.807) is 24.3 Å². The molecule has 0 spiro atoms. The van der Waals surface area contributed by atoms with Crippen molar-refractivity contribution in [2.24, 2.45) is 0 Å². The minimum Gasteiger partial charge on any atom is -0.465 e. The first-order chi connectivity index (χ1) is 8.17. The third-order valence-corrected chi connectivity index (χ3v) is 2.09. The van der Waals surface area contributed by atoms with Crippen LogP contribution in [0.2, 0.25) is 0 Å². The number of nitrogens with one attached hydrogen (secondary N) is 1. The molecule has 0 aliphatic carbocycles. The predicted molar refractivity (Wildman–Crippen MR) is 64.5 cm³/mol. The summed E-state index contributed by atoms with van der Waals surface area (Å²) in [5.41, 5.74) is 1.06. The van der Waals surface area contributed by atoms with E-state index in [1.165, 1.54) is 7.11 Å². The Labute approximate surface area is 100.0 Å². The maximum absolute atomic E-state index is 11.3. The van der Waals surface area contributed by atoms with Crippen molar-refractivity contribution in [3.63, 3.8) is 0 Å². The van der Waals surface area contributed by atoms with Gasteiger partial charge in [-0.3, -0.25) is 4.79 Å². The molecule has 0 aliphatic heterocycles. The summed E-state index contributed by atoms with van der Waals surface area (Å²) in [7, 11) is 1.32. The standard InChI is InChI=1S/C13H13NO3/c1-3-4-5-12(15)14-11-8-6-10(7-9-11)13(16)17-2/h1,6-9H,4-5H2,2H3,(H,14,15). The number of methoxy groups -OCH3 is 1. The highest BCUT2D eigenvalue weighted by Crippen LogP contribution is 2.10. The maximum atomic E-state index is 11.3. The lowest BCUT2D eigenvalue weighted by molar-refractivity contribution is -0.116. The molecule has 0 aromatic heterocycles. The minimum atomic E-state index is -0.407. The zero-order valence-corrected chi connectivity index (χ0v) is 9.53. The molecule has 0 saturated heterocycles. The molecular formula is C13H13NO3. The number of anilines is 1. The van der Waals surface area contributed by atoms with Crippen LogP contribution in [0.25, 0.3) is 0 Å². The second-order valence-corrected chi connectivity index (χ2v) is 3.32. The fraction of sp³-hybridized carbons (Fsp3) is 0.231. The van der Waals surface area contributed by atoms with Gasteiger partial charge in [0.25, 0.3) is 0 Å². The number of amides is 1. The third kappa shape index (κ3) is 3.99. The molecule has 1 aromatic carbocycles. The van der Waals surface area contributed by atoms with Gasteiger partial charge in [0.15, 0.2) is 0 Å². The molecule has 0 unspecified atom stereocenters. The Morgan fingerprint density at radius 2 is 2.00 bits per heavy atom. The number of terminal acetylenes is 1. The second-order valence-electron chi connectivity index (χ2n) is 3.32. The van der Waals surface area contributed by atoms with E-state index < -0.39 is 5.97 Å². The summed E-state index contributed by atoms with van der Waals surface area (Å²) in [6.45, 7) is 0. The highest BCUT2D eigenvalue weighted by atomic mass is 16.5. The summed E-state index contributed by atoms with van der Waals surface area (Å²) < 4.78 is 4.56. The Kier molecular flexibility index (Phi) is 4.77. The Bertz CT molecular complexity index is 443. The van der Waals surface area contributed by atoms with Gasteiger partial charge in [0.1, 0.15) is 0 Å². The van der Waals surface area contributed by atoms with Gasteiger partial charge in [-0.15, -0.1) is 12.3 Å². The molecule has 0 radical (unpaired) electrons. The molecular weight excluding hydrogens is 218 g/mol. The highest BCUT2D eigenvalue weighted by Gasteiger charge is 2.05. The first-order valence-corrected chi connectivity index (χ1v) is 5.09. The molecule has 0 heterocycles. The summed E-state index contributed by atoms with van der Waals surface area (Å²) >= 11 is 0. The summed E-state index contributed by atoms with van der Waals surface area (Å²) in [5, 5.41) is 2.67. The van der Waals surface area contributed by atoms with Crippen molar-refractivity contribution < 1.29 is 14.3 Å². The summed E-state index contributed by atoms with van der Waals surface area (Å²) in [6, 6.07) is 6.45. The molecule has 0 aliphatic rings. The molecule has 4 heteroatoms. The zero-order valence-electron chi connectivity index (χ0n) is 9.53. The van der Waals surface area contributed by atoms with Crippen LogP contribution in [0.3, 0.4) is 0 Å². The molecule has 4 nitrogen and oxygen atoms in total. The molecule has 88 valence electrons. The molecule has 1 rings (SSSR count). The third-order valence-electron chi connectivity index (χ3n) is 2.09. The quantitative estimate of drug-likeness (QED) is 0.635. The number of carbonyl (C=O) groups excluding carboxylic acids is 2. The van der Waals surface area contributed by atoms with E-state index in [4.69, 9.17) is 6.42 Å². The number of esters is 1. The van der Waals surface area contributed by atoms with Gasteiger partial charge in [-0.1, -0.05) is 0 Å². The molecule has 1 amide bonds. The Morgan fingerprint density at radius 3 is 2.53 bits per heavy atom. The molecule has 0 atom stereocenters. The van der Waals surface area contributed by atoms with Crippen molar-refractivity contribution in [3.8, 4) is 12.3 Å². The number of ether oxygens (including phenoxy) is 1. The summed E-state index contributed by atoms with van der Waals surface area (Å²) in [4.78, 5) is 22.5. The lowest BCUT2D eigenvalue weighted by atomic mass is 10.2. The number of benzene rings is 1. The van der Waals surface area contributed by atoms with Crippen LogP contribution in [0.1, 0.15) is 23.2 Å². The maximum Gasteiger partial charge on any atom is 0.337 e. The molecule has 1 N–H and O–H groups in total. The number of carbonyl (C=O) groups is 2. The van der Waals surface area contributed by atoms with Gasteiger partial charge >= 0.3 is 5.97 Å². The van der Waals surface area contributed by atoms with Gasteiger partial charge in [0, 0.05) is 18.5 Å². The average molecular weight is 231 g/mol. The highest BCUT2D eigenvalue weighted by molar-refractivity contribution is 5.93. The topological polar surface area (TPSA) is 55.4 Å². The van der Waals surface area contributed by atoms with Crippen LogP contribution in [-0.2, 0) is 9.53 Å². The van der Waals surface area contributed by atoms with Crippen molar-refractivity contribution >= 4 is 17.6 Å². The van der Waals surface area contributed by atoms with Crippen LogP contribution in [0.5, 0.6) is 0 Å². The number of hydrogen-bond acceptors (Lipinski definition) is 3. The monoisotopic (exact) mass is 231 g/mol. The van der Waals surface area contributed by atoms with E-state index in [0.29, 0.717) is 17.7 Å². The van der Waals surface area contributed by atoms with E-state index in [1.807, 2.05) is 0 Å². The van der Waals surface area contributed by atoms with Crippen LogP contribution in [-0.4, -0.2) is 19.0 Å². The van der Waals surface area contributed by atoms with Crippen LogP contribution in [0, 0.1) is 12.3 Å². The van der Waals surface area contributed by atoms with Gasteiger partial charge in [-0.2, -0.15) is 0 Å².